The van der Waals surface area contributed by atoms with E-state index in [-0.39, 0.29) is 17.7 Å². The Morgan fingerprint density at radius 2 is 1.95 bits per heavy atom. The van der Waals surface area contributed by atoms with Crippen molar-refractivity contribution in [3.05, 3.63) is 33.8 Å². The molecule has 0 bridgehead atoms. The molecule has 1 aromatic carbocycles. The van der Waals surface area contributed by atoms with Gasteiger partial charge in [0.05, 0.1) is 11.1 Å². The zero-order valence-corrected chi connectivity index (χ0v) is 13.4. The van der Waals surface area contributed by atoms with E-state index in [0.29, 0.717) is 17.7 Å². The molecule has 1 unspecified atom stereocenters. The molecule has 0 fully saturated rings. The molecule has 5 heteroatoms. The van der Waals surface area contributed by atoms with E-state index in [1.54, 1.807) is 18.2 Å². The van der Waals surface area contributed by atoms with Crippen molar-refractivity contribution in [2.45, 2.75) is 20.3 Å². The first-order valence-electron chi connectivity index (χ1n) is 6.91. The average molecular weight is 339 g/mol. The summed E-state index contributed by atoms with van der Waals surface area (Å²) < 4.78 is 0.817. The van der Waals surface area contributed by atoms with Gasteiger partial charge >= 0.3 is 0 Å². The molecule has 2 rings (SSSR count). The Balaban J connectivity index is 2.05. The summed E-state index contributed by atoms with van der Waals surface area (Å²) in [5.74, 6) is -0.124. The molecule has 1 heterocycles. The Bertz CT molecular complexity index is 531. The fourth-order valence-corrected chi connectivity index (χ4v) is 2.69. The number of nitrogens with zero attached hydrogens (tertiary/aromatic N) is 1. The number of benzene rings is 1. The van der Waals surface area contributed by atoms with Crippen molar-refractivity contribution in [3.8, 4) is 0 Å². The third-order valence-corrected chi connectivity index (χ3v) is 3.84. The highest BCUT2D eigenvalue weighted by molar-refractivity contribution is 9.10. The van der Waals surface area contributed by atoms with Crippen LogP contribution in [-0.2, 0) is 0 Å². The molecule has 4 nitrogen and oxygen atoms in total. The van der Waals surface area contributed by atoms with Crippen LogP contribution in [0.1, 0.15) is 41.0 Å². The van der Waals surface area contributed by atoms with Gasteiger partial charge in [-0.1, -0.05) is 29.8 Å². The summed E-state index contributed by atoms with van der Waals surface area (Å²) in [5.41, 5.74) is 1.00. The number of carbonyl (C=O) groups excluding carboxylic acids is 2. The summed E-state index contributed by atoms with van der Waals surface area (Å²) >= 11 is 3.33. The van der Waals surface area contributed by atoms with Gasteiger partial charge < -0.3 is 5.32 Å². The summed E-state index contributed by atoms with van der Waals surface area (Å²) in [6.45, 7) is 6.38. The third kappa shape index (κ3) is 3.10. The van der Waals surface area contributed by atoms with Crippen LogP contribution >= 0.6 is 15.9 Å². The molecule has 0 aliphatic carbocycles. The Morgan fingerprint density at radius 1 is 1.25 bits per heavy atom. The Labute approximate surface area is 127 Å². The van der Waals surface area contributed by atoms with E-state index in [2.05, 4.69) is 28.2 Å². The normalized spacial score (nSPS) is 15.7. The third-order valence-electron chi connectivity index (χ3n) is 3.35. The minimum absolute atomic E-state index is 0.181. The maximum absolute atomic E-state index is 12.3. The van der Waals surface area contributed by atoms with Gasteiger partial charge in [0.25, 0.3) is 11.8 Å². The highest BCUT2D eigenvalue weighted by Crippen LogP contribution is 2.26. The van der Waals surface area contributed by atoms with Crippen LogP contribution in [0.2, 0.25) is 0 Å². The quantitative estimate of drug-likeness (QED) is 0.640. The zero-order valence-electron chi connectivity index (χ0n) is 11.8. The molecule has 1 aliphatic heterocycles. The number of imide groups is 1. The first-order valence-corrected chi connectivity index (χ1v) is 7.70. The molecule has 108 valence electrons. The minimum Gasteiger partial charge on any atom is -0.316 e. The minimum atomic E-state index is -0.186. The lowest BCUT2D eigenvalue weighted by molar-refractivity contribution is 0.0632. The van der Waals surface area contributed by atoms with Crippen LogP contribution in [0.3, 0.4) is 0 Å². The summed E-state index contributed by atoms with van der Waals surface area (Å²) in [7, 11) is 0. The average Bonchev–Trinajstić information content (AvgIpc) is 2.64. The molecule has 1 aromatic rings. The lowest BCUT2D eigenvalue weighted by Gasteiger charge is -2.19. The molecule has 1 N–H and O–H groups in total. The number of amides is 2. The van der Waals surface area contributed by atoms with Crippen molar-refractivity contribution in [3.63, 3.8) is 0 Å². The van der Waals surface area contributed by atoms with Gasteiger partial charge in [-0.2, -0.15) is 0 Å². The van der Waals surface area contributed by atoms with Gasteiger partial charge in [-0.05, 0) is 43.6 Å². The highest BCUT2D eigenvalue weighted by Gasteiger charge is 2.35. The van der Waals surface area contributed by atoms with Crippen molar-refractivity contribution in [1.82, 2.24) is 10.2 Å². The first kappa shape index (κ1) is 15.2. The van der Waals surface area contributed by atoms with Crippen LogP contribution in [0.4, 0.5) is 0 Å². The number of rotatable bonds is 6. The van der Waals surface area contributed by atoms with Gasteiger partial charge in [-0.3, -0.25) is 14.5 Å². The fourth-order valence-electron chi connectivity index (χ4n) is 2.33. The molecule has 0 aromatic heterocycles. The molecule has 1 atom stereocenters. The Morgan fingerprint density at radius 3 is 2.65 bits per heavy atom. The first-order chi connectivity index (χ1) is 9.54. The lowest BCUT2D eigenvalue weighted by Crippen LogP contribution is -2.37. The number of fused-ring (bicyclic) bond motifs is 1. The van der Waals surface area contributed by atoms with Crippen molar-refractivity contribution in [2.75, 3.05) is 19.6 Å². The molecule has 0 spiro atoms. The van der Waals surface area contributed by atoms with Gasteiger partial charge in [-0.15, -0.1) is 0 Å². The maximum atomic E-state index is 12.3. The van der Waals surface area contributed by atoms with Crippen molar-refractivity contribution >= 4 is 27.7 Å². The summed E-state index contributed by atoms with van der Waals surface area (Å²) in [6, 6.07) is 5.22. The fraction of sp³-hybridized carbons (Fsp3) is 0.467. The molecule has 1 aliphatic rings. The van der Waals surface area contributed by atoms with Crippen LogP contribution in [0.25, 0.3) is 0 Å². The van der Waals surface area contributed by atoms with Gasteiger partial charge in [0.2, 0.25) is 0 Å². The number of carbonyl (C=O) groups is 2. The van der Waals surface area contributed by atoms with E-state index in [1.165, 1.54) is 4.90 Å². The Hall–Kier alpha value is -1.20. The van der Waals surface area contributed by atoms with Gasteiger partial charge in [0.15, 0.2) is 0 Å². The van der Waals surface area contributed by atoms with Crippen molar-refractivity contribution in [1.29, 1.82) is 0 Å². The van der Waals surface area contributed by atoms with Crippen LogP contribution in [0.5, 0.6) is 0 Å². The van der Waals surface area contributed by atoms with E-state index < -0.39 is 0 Å². The molecular formula is C15H19BrN2O2. The molecule has 2 amide bonds. The SMILES string of the molecule is CCCNCC(C)CN1C(=O)c2ccc(Br)cc2C1=O. The predicted octanol–water partition coefficient (Wildman–Crippen LogP) is 2.68. The molecule has 0 radical (unpaired) electrons. The van der Waals surface area contributed by atoms with Gasteiger partial charge in [-0.25, -0.2) is 0 Å². The van der Waals surface area contributed by atoms with E-state index in [9.17, 15) is 9.59 Å². The summed E-state index contributed by atoms with van der Waals surface area (Å²) in [4.78, 5) is 25.9. The number of halogens is 1. The largest absolute Gasteiger partial charge is 0.316 e. The summed E-state index contributed by atoms with van der Waals surface area (Å²) in [5, 5.41) is 3.31. The smallest absolute Gasteiger partial charge is 0.261 e. The van der Waals surface area contributed by atoms with E-state index >= 15 is 0 Å². The topological polar surface area (TPSA) is 49.4 Å². The van der Waals surface area contributed by atoms with Crippen molar-refractivity contribution in [2.24, 2.45) is 5.92 Å². The lowest BCUT2D eigenvalue weighted by atomic mass is 10.1. The standard InChI is InChI=1S/C15H19BrN2O2/c1-3-6-17-8-10(2)9-18-14(19)12-5-4-11(16)7-13(12)15(18)20/h4-5,7,10,17H,3,6,8-9H2,1-2H3. The molecule has 0 saturated carbocycles. The van der Waals surface area contributed by atoms with Crippen LogP contribution < -0.4 is 5.32 Å². The van der Waals surface area contributed by atoms with E-state index in [4.69, 9.17) is 0 Å². The summed E-state index contributed by atoms with van der Waals surface area (Å²) in [6.07, 6.45) is 1.08. The second-order valence-corrected chi connectivity index (χ2v) is 6.14. The zero-order chi connectivity index (χ0) is 14.7. The van der Waals surface area contributed by atoms with Gasteiger partial charge in [0.1, 0.15) is 0 Å². The van der Waals surface area contributed by atoms with E-state index in [1.807, 2.05) is 6.92 Å². The van der Waals surface area contributed by atoms with Crippen LogP contribution in [0.15, 0.2) is 22.7 Å². The number of hydrogen-bond donors (Lipinski definition) is 1. The van der Waals surface area contributed by atoms with Crippen molar-refractivity contribution < 1.29 is 9.59 Å². The highest BCUT2D eigenvalue weighted by atomic mass is 79.9. The predicted molar refractivity (Wildman–Crippen MR) is 81.8 cm³/mol. The maximum Gasteiger partial charge on any atom is 0.261 e. The van der Waals surface area contributed by atoms with E-state index in [0.717, 1.165) is 24.0 Å². The second kappa shape index (κ2) is 6.50. The number of nitrogens with one attached hydrogen (secondary N) is 1. The van der Waals surface area contributed by atoms with Crippen LogP contribution in [0, 0.1) is 5.92 Å². The number of hydrogen-bond acceptors (Lipinski definition) is 3. The monoisotopic (exact) mass is 338 g/mol. The van der Waals surface area contributed by atoms with Gasteiger partial charge in [0, 0.05) is 11.0 Å². The molecule has 0 saturated heterocycles. The van der Waals surface area contributed by atoms with Crippen LogP contribution in [-0.4, -0.2) is 36.3 Å². The molecule has 20 heavy (non-hydrogen) atoms. The molecular weight excluding hydrogens is 320 g/mol. The second-order valence-electron chi connectivity index (χ2n) is 5.22. The Kier molecular flexibility index (Phi) is 4.94.